The highest BCUT2D eigenvalue weighted by Gasteiger charge is 2.53. The van der Waals surface area contributed by atoms with Crippen LogP contribution in [-0.2, 0) is 0 Å². The second-order valence-corrected chi connectivity index (χ2v) is 6.87. The van der Waals surface area contributed by atoms with E-state index in [0.717, 1.165) is 33.1 Å². The van der Waals surface area contributed by atoms with Gasteiger partial charge in [-0.25, -0.2) is 0 Å². The van der Waals surface area contributed by atoms with Gasteiger partial charge in [-0.3, -0.25) is 0 Å². The largest absolute Gasteiger partial charge is 0.367 e. The fraction of sp³-hybridized carbons (Fsp3) is 0.438. The standard InChI is InChI=1S/C16H17BrN2O/c17-10-7-5-9(6-8-10)13-15(19-20-16(13)18)14-11-3-1-2-4-12(11)14/h5-8,11-12,14H,1-4,18H2. The number of aromatic nitrogens is 1. The topological polar surface area (TPSA) is 52.0 Å². The molecule has 2 atom stereocenters. The Morgan fingerprint density at radius 1 is 1.10 bits per heavy atom. The first-order chi connectivity index (χ1) is 9.75. The maximum absolute atomic E-state index is 6.03. The number of nitrogens with two attached hydrogens (primary N) is 1. The first-order valence-electron chi connectivity index (χ1n) is 7.26. The lowest BCUT2D eigenvalue weighted by atomic mass is 10.0. The number of fused-ring (bicyclic) bond motifs is 1. The number of nitrogen functional groups attached to an aromatic ring is 1. The van der Waals surface area contributed by atoms with Crippen LogP contribution in [0.5, 0.6) is 0 Å². The number of rotatable bonds is 2. The minimum absolute atomic E-state index is 0.450. The summed E-state index contributed by atoms with van der Waals surface area (Å²) in [4.78, 5) is 0. The lowest BCUT2D eigenvalue weighted by molar-refractivity contribution is 0.426. The normalized spacial score (nSPS) is 28.1. The molecule has 2 fully saturated rings. The minimum atomic E-state index is 0.450. The van der Waals surface area contributed by atoms with Crippen molar-refractivity contribution in [3.8, 4) is 11.1 Å². The van der Waals surface area contributed by atoms with E-state index < -0.39 is 0 Å². The van der Waals surface area contributed by atoms with Crippen molar-refractivity contribution < 1.29 is 4.52 Å². The Morgan fingerprint density at radius 3 is 2.40 bits per heavy atom. The van der Waals surface area contributed by atoms with E-state index in [4.69, 9.17) is 10.3 Å². The number of hydrogen-bond acceptors (Lipinski definition) is 3. The highest BCUT2D eigenvalue weighted by molar-refractivity contribution is 9.10. The highest BCUT2D eigenvalue weighted by atomic mass is 79.9. The number of anilines is 1. The van der Waals surface area contributed by atoms with Crippen molar-refractivity contribution in [1.29, 1.82) is 0 Å². The molecule has 104 valence electrons. The third-order valence-corrected chi connectivity index (χ3v) is 5.38. The molecule has 4 rings (SSSR count). The molecule has 2 aromatic rings. The van der Waals surface area contributed by atoms with Gasteiger partial charge >= 0.3 is 0 Å². The van der Waals surface area contributed by atoms with Crippen LogP contribution in [0.25, 0.3) is 11.1 Å². The van der Waals surface area contributed by atoms with Gasteiger partial charge in [0, 0.05) is 10.4 Å². The Balaban J connectivity index is 1.73. The van der Waals surface area contributed by atoms with E-state index in [-0.39, 0.29) is 0 Å². The smallest absolute Gasteiger partial charge is 0.230 e. The molecule has 1 aromatic carbocycles. The molecule has 2 saturated carbocycles. The van der Waals surface area contributed by atoms with Crippen LogP contribution >= 0.6 is 15.9 Å². The summed E-state index contributed by atoms with van der Waals surface area (Å²) in [6.07, 6.45) is 5.39. The molecule has 1 aromatic heterocycles. The molecule has 0 radical (unpaired) electrons. The number of hydrogen-bond donors (Lipinski definition) is 1. The molecule has 20 heavy (non-hydrogen) atoms. The van der Waals surface area contributed by atoms with E-state index >= 15 is 0 Å². The average molecular weight is 333 g/mol. The summed E-state index contributed by atoms with van der Waals surface area (Å²) in [6.45, 7) is 0. The van der Waals surface area contributed by atoms with Gasteiger partial charge < -0.3 is 10.3 Å². The fourth-order valence-electron chi connectivity index (χ4n) is 3.85. The van der Waals surface area contributed by atoms with Crippen LogP contribution in [0.2, 0.25) is 0 Å². The van der Waals surface area contributed by atoms with Gasteiger partial charge in [0.15, 0.2) is 0 Å². The molecular weight excluding hydrogens is 316 g/mol. The first-order valence-corrected chi connectivity index (χ1v) is 8.06. The second-order valence-electron chi connectivity index (χ2n) is 5.95. The van der Waals surface area contributed by atoms with E-state index in [0.29, 0.717) is 11.8 Å². The monoisotopic (exact) mass is 332 g/mol. The third-order valence-electron chi connectivity index (χ3n) is 4.85. The minimum Gasteiger partial charge on any atom is -0.367 e. The van der Waals surface area contributed by atoms with Crippen LogP contribution in [0.3, 0.4) is 0 Å². The van der Waals surface area contributed by atoms with E-state index in [1.165, 1.54) is 25.7 Å². The van der Waals surface area contributed by atoms with Gasteiger partial charge in [0.1, 0.15) is 0 Å². The van der Waals surface area contributed by atoms with Crippen molar-refractivity contribution in [3.63, 3.8) is 0 Å². The van der Waals surface area contributed by atoms with Crippen molar-refractivity contribution in [3.05, 3.63) is 34.4 Å². The second kappa shape index (κ2) is 4.62. The molecule has 3 nitrogen and oxygen atoms in total. The van der Waals surface area contributed by atoms with Gasteiger partial charge in [0.25, 0.3) is 0 Å². The molecule has 0 spiro atoms. The predicted octanol–water partition coefficient (Wildman–Crippen LogP) is 4.59. The van der Waals surface area contributed by atoms with Crippen LogP contribution in [0.4, 0.5) is 5.88 Å². The maximum atomic E-state index is 6.03. The Labute approximate surface area is 126 Å². The Morgan fingerprint density at radius 2 is 1.75 bits per heavy atom. The zero-order chi connectivity index (χ0) is 13.7. The zero-order valence-electron chi connectivity index (χ0n) is 11.2. The number of benzene rings is 1. The van der Waals surface area contributed by atoms with Gasteiger partial charge in [-0.15, -0.1) is 0 Å². The van der Waals surface area contributed by atoms with Crippen molar-refractivity contribution in [2.24, 2.45) is 11.8 Å². The van der Waals surface area contributed by atoms with E-state index in [2.05, 4.69) is 33.2 Å². The molecule has 2 N–H and O–H groups in total. The SMILES string of the molecule is Nc1onc(C2C3CCCCC32)c1-c1ccc(Br)cc1. The Bertz CT molecular complexity index is 622. The van der Waals surface area contributed by atoms with Gasteiger partial charge in [0.05, 0.1) is 11.3 Å². The third kappa shape index (κ3) is 1.89. The fourth-order valence-corrected chi connectivity index (χ4v) is 4.11. The quantitative estimate of drug-likeness (QED) is 0.874. The summed E-state index contributed by atoms with van der Waals surface area (Å²) in [7, 11) is 0. The zero-order valence-corrected chi connectivity index (χ0v) is 12.8. The van der Waals surface area contributed by atoms with Crippen molar-refractivity contribution in [1.82, 2.24) is 5.16 Å². The van der Waals surface area contributed by atoms with Crippen molar-refractivity contribution in [2.45, 2.75) is 31.6 Å². The summed E-state index contributed by atoms with van der Waals surface area (Å²) < 4.78 is 6.37. The lowest BCUT2D eigenvalue weighted by Gasteiger charge is -2.04. The van der Waals surface area contributed by atoms with Gasteiger partial charge in [0.2, 0.25) is 5.88 Å². The van der Waals surface area contributed by atoms with Gasteiger partial charge in [-0.1, -0.05) is 46.1 Å². The van der Waals surface area contributed by atoms with E-state index in [1.807, 2.05) is 12.1 Å². The maximum Gasteiger partial charge on any atom is 0.230 e. The molecule has 2 aliphatic rings. The van der Waals surface area contributed by atoms with E-state index in [9.17, 15) is 0 Å². The Kier molecular flexibility index (Phi) is 2.88. The van der Waals surface area contributed by atoms with Crippen LogP contribution in [0.1, 0.15) is 37.3 Å². The first kappa shape index (κ1) is 12.5. The summed E-state index contributed by atoms with van der Waals surface area (Å²) >= 11 is 3.47. The van der Waals surface area contributed by atoms with Crippen molar-refractivity contribution >= 4 is 21.8 Å². The van der Waals surface area contributed by atoms with Crippen LogP contribution < -0.4 is 5.73 Å². The Hall–Kier alpha value is -1.29. The number of nitrogens with zero attached hydrogens (tertiary/aromatic N) is 1. The molecular formula is C16H17BrN2O. The highest BCUT2D eigenvalue weighted by Crippen LogP contribution is 2.62. The van der Waals surface area contributed by atoms with Crippen LogP contribution in [0, 0.1) is 11.8 Å². The molecule has 4 heteroatoms. The molecule has 0 aliphatic heterocycles. The molecule has 0 amide bonds. The molecule has 0 bridgehead atoms. The van der Waals surface area contributed by atoms with Crippen LogP contribution in [0.15, 0.2) is 33.3 Å². The van der Waals surface area contributed by atoms with Crippen molar-refractivity contribution in [2.75, 3.05) is 5.73 Å². The van der Waals surface area contributed by atoms with Crippen LogP contribution in [-0.4, -0.2) is 5.16 Å². The lowest BCUT2D eigenvalue weighted by Crippen LogP contribution is -1.91. The molecule has 2 aliphatic carbocycles. The van der Waals surface area contributed by atoms with E-state index in [1.54, 1.807) is 0 Å². The molecule has 0 saturated heterocycles. The summed E-state index contributed by atoms with van der Waals surface area (Å²) in [5.74, 6) is 2.63. The average Bonchev–Trinajstić information content (AvgIpc) is 3.08. The predicted molar refractivity (Wildman–Crippen MR) is 82.2 cm³/mol. The summed E-state index contributed by atoms with van der Waals surface area (Å²) in [5.41, 5.74) is 9.22. The van der Waals surface area contributed by atoms with Gasteiger partial charge in [-0.05, 0) is 42.4 Å². The summed E-state index contributed by atoms with van der Waals surface area (Å²) in [6, 6.07) is 8.21. The summed E-state index contributed by atoms with van der Waals surface area (Å²) in [5, 5.41) is 4.29. The molecule has 2 unspecified atom stereocenters. The number of halogens is 1. The van der Waals surface area contributed by atoms with Gasteiger partial charge in [-0.2, -0.15) is 0 Å². The molecule has 1 heterocycles.